The van der Waals surface area contributed by atoms with Crippen LogP contribution in [0.5, 0.6) is 0 Å². The summed E-state index contributed by atoms with van der Waals surface area (Å²) in [7, 11) is -4.11. The van der Waals surface area contributed by atoms with E-state index in [9.17, 15) is 18.5 Å². The predicted molar refractivity (Wildman–Crippen MR) is 80.9 cm³/mol. The van der Waals surface area contributed by atoms with Crippen molar-refractivity contribution >= 4 is 48.9 Å². The van der Waals surface area contributed by atoms with Crippen molar-refractivity contribution in [3.63, 3.8) is 0 Å². The summed E-state index contributed by atoms with van der Waals surface area (Å²) >= 11 is 8.82. The van der Waals surface area contributed by atoms with Crippen molar-refractivity contribution in [2.24, 2.45) is 0 Å². The van der Waals surface area contributed by atoms with Gasteiger partial charge in [0.15, 0.2) is 4.90 Å². The van der Waals surface area contributed by atoms with Gasteiger partial charge in [0.25, 0.3) is 15.7 Å². The number of hydrogen-bond donors (Lipinski definition) is 1. The number of nitrogens with zero attached hydrogens (tertiary/aromatic N) is 2. The summed E-state index contributed by atoms with van der Waals surface area (Å²) in [6.45, 7) is 0. The van der Waals surface area contributed by atoms with E-state index in [1.807, 2.05) is 0 Å². The molecule has 0 saturated heterocycles. The van der Waals surface area contributed by atoms with Crippen LogP contribution in [0.15, 0.2) is 45.9 Å². The van der Waals surface area contributed by atoms with Crippen LogP contribution in [-0.4, -0.2) is 18.3 Å². The Morgan fingerprint density at radius 2 is 2.00 bits per heavy atom. The third-order valence-corrected chi connectivity index (χ3v) is 4.96. The predicted octanol–water partition coefficient (Wildman–Crippen LogP) is 3.21. The van der Waals surface area contributed by atoms with E-state index in [4.69, 9.17) is 11.6 Å². The van der Waals surface area contributed by atoms with Crippen LogP contribution < -0.4 is 4.72 Å². The van der Waals surface area contributed by atoms with Gasteiger partial charge in [0, 0.05) is 6.07 Å². The van der Waals surface area contributed by atoms with Crippen molar-refractivity contribution in [2.45, 2.75) is 4.90 Å². The van der Waals surface area contributed by atoms with Crippen molar-refractivity contribution in [1.82, 2.24) is 4.98 Å². The molecule has 0 aliphatic carbocycles. The minimum absolute atomic E-state index is 0.129. The standard InChI is InChI=1S/C11H7BrClN3O4S/c12-8-5-7(6-14-11(8)13)15-21(19,20)10-4-2-1-3-9(10)16(17)18/h1-6,15H. The SMILES string of the molecule is O=[N+]([O-])c1ccccc1S(=O)(=O)Nc1cnc(Cl)c(Br)c1. The number of para-hydroxylation sites is 1. The lowest BCUT2D eigenvalue weighted by Crippen LogP contribution is -2.14. The molecular formula is C11H7BrClN3O4S. The van der Waals surface area contributed by atoms with Crippen LogP contribution in [0.2, 0.25) is 5.15 Å². The molecule has 0 atom stereocenters. The highest BCUT2D eigenvalue weighted by Gasteiger charge is 2.25. The average Bonchev–Trinajstić information content (AvgIpc) is 2.42. The first kappa shape index (κ1) is 15.7. The molecule has 0 unspecified atom stereocenters. The molecule has 7 nitrogen and oxygen atoms in total. The first-order valence-electron chi connectivity index (χ1n) is 5.38. The van der Waals surface area contributed by atoms with Gasteiger partial charge in [-0.05, 0) is 28.1 Å². The zero-order chi connectivity index (χ0) is 15.6. The molecule has 1 aromatic carbocycles. The maximum Gasteiger partial charge on any atom is 0.289 e. The summed E-state index contributed by atoms with van der Waals surface area (Å²) < 4.78 is 27.1. The van der Waals surface area contributed by atoms with Crippen LogP contribution in [0.25, 0.3) is 0 Å². The van der Waals surface area contributed by atoms with E-state index in [1.165, 1.54) is 24.4 Å². The molecule has 0 spiro atoms. The van der Waals surface area contributed by atoms with E-state index in [2.05, 4.69) is 25.6 Å². The molecule has 10 heteroatoms. The van der Waals surface area contributed by atoms with Crippen molar-refractivity contribution in [1.29, 1.82) is 0 Å². The molecule has 0 amide bonds. The number of nitro groups is 1. The van der Waals surface area contributed by atoms with Crippen LogP contribution in [0.4, 0.5) is 11.4 Å². The van der Waals surface area contributed by atoms with Gasteiger partial charge in [-0.25, -0.2) is 13.4 Å². The van der Waals surface area contributed by atoms with Crippen molar-refractivity contribution < 1.29 is 13.3 Å². The second kappa shape index (κ2) is 5.96. The highest BCUT2D eigenvalue weighted by atomic mass is 79.9. The summed E-state index contributed by atoms with van der Waals surface area (Å²) in [6.07, 6.45) is 1.21. The van der Waals surface area contributed by atoms with Crippen molar-refractivity contribution in [3.8, 4) is 0 Å². The molecule has 0 aliphatic heterocycles. The van der Waals surface area contributed by atoms with Gasteiger partial charge in [-0.15, -0.1) is 0 Å². The van der Waals surface area contributed by atoms with E-state index < -0.39 is 25.5 Å². The second-order valence-corrected chi connectivity index (χ2v) is 6.69. The first-order chi connectivity index (χ1) is 9.81. The van der Waals surface area contributed by atoms with Gasteiger partial charge in [-0.1, -0.05) is 23.7 Å². The first-order valence-corrected chi connectivity index (χ1v) is 8.04. The fourth-order valence-electron chi connectivity index (χ4n) is 1.52. The Bertz CT molecular complexity index is 813. The fourth-order valence-corrected chi connectivity index (χ4v) is 3.18. The lowest BCUT2D eigenvalue weighted by atomic mass is 10.3. The Morgan fingerprint density at radius 1 is 1.33 bits per heavy atom. The van der Waals surface area contributed by atoms with Gasteiger partial charge in [0.05, 0.1) is 21.3 Å². The molecule has 21 heavy (non-hydrogen) atoms. The van der Waals surface area contributed by atoms with Crippen LogP contribution in [0.1, 0.15) is 0 Å². The summed E-state index contributed by atoms with van der Waals surface area (Å²) in [4.78, 5) is 13.5. The molecule has 0 radical (unpaired) electrons. The average molecular weight is 393 g/mol. The van der Waals surface area contributed by atoms with Crippen molar-refractivity contribution in [3.05, 3.63) is 56.3 Å². The minimum atomic E-state index is -4.11. The molecule has 0 fully saturated rings. The molecule has 2 rings (SSSR count). The van der Waals surface area contributed by atoms with E-state index in [-0.39, 0.29) is 10.8 Å². The normalized spacial score (nSPS) is 11.1. The fraction of sp³-hybridized carbons (Fsp3) is 0. The third kappa shape index (κ3) is 3.49. The van der Waals surface area contributed by atoms with Crippen LogP contribution in [0, 0.1) is 10.1 Å². The van der Waals surface area contributed by atoms with Gasteiger partial charge in [-0.2, -0.15) is 0 Å². The van der Waals surface area contributed by atoms with Crippen LogP contribution >= 0.6 is 27.5 Å². The van der Waals surface area contributed by atoms with Crippen LogP contribution in [0.3, 0.4) is 0 Å². The number of rotatable bonds is 4. The summed E-state index contributed by atoms with van der Waals surface area (Å²) in [5, 5.41) is 11.1. The summed E-state index contributed by atoms with van der Waals surface area (Å²) in [5.41, 5.74) is -0.379. The largest absolute Gasteiger partial charge is 0.289 e. The lowest BCUT2D eigenvalue weighted by molar-refractivity contribution is -0.387. The van der Waals surface area contributed by atoms with Gasteiger partial charge in [0.2, 0.25) is 0 Å². The highest BCUT2D eigenvalue weighted by molar-refractivity contribution is 9.10. The molecule has 2 aromatic rings. The minimum Gasteiger partial charge on any atom is -0.278 e. The molecule has 0 saturated carbocycles. The number of nitrogens with one attached hydrogen (secondary N) is 1. The number of sulfonamides is 1. The van der Waals surface area contributed by atoms with Gasteiger partial charge < -0.3 is 0 Å². The zero-order valence-corrected chi connectivity index (χ0v) is 13.3. The zero-order valence-electron chi connectivity index (χ0n) is 10.2. The Hall–Kier alpha value is -1.71. The third-order valence-electron chi connectivity index (χ3n) is 2.40. The quantitative estimate of drug-likeness (QED) is 0.489. The van der Waals surface area contributed by atoms with E-state index in [0.29, 0.717) is 4.47 Å². The number of aromatic nitrogens is 1. The maximum atomic E-state index is 12.2. The summed E-state index contributed by atoms with van der Waals surface area (Å²) in [6, 6.07) is 6.46. The van der Waals surface area contributed by atoms with Crippen LogP contribution in [-0.2, 0) is 10.0 Å². The van der Waals surface area contributed by atoms with E-state index >= 15 is 0 Å². The lowest BCUT2D eigenvalue weighted by Gasteiger charge is -2.08. The molecule has 1 aromatic heterocycles. The Morgan fingerprint density at radius 3 is 2.62 bits per heavy atom. The smallest absolute Gasteiger partial charge is 0.278 e. The number of hydrogen-bond acceptors (Lipinski definition) is 5. The Kier molecular flexibility index (Phi) is 4.45. The topological polar surface area (TPSA) is 102 Å². The molecule has 0 bridgehead atoms. The van der Waals surface area contributed by atoms with Gasteiger partial charge in [0.1, 0.15) is 5.15 Å². The van der Waals surface area contributed by atoms with Gasteiger partial charge in [-0.3, -0.25) is 14.8 Å². The number of anilines is 1. The molecule has 0 aliphatic rings. The molecule has 1 heterocycles. The summed E-state index contributed by atoms with van der Waals surface area (Å²) in [5.74, 6) is 0. The van der Waals surface area contributed by atoms with Gasteiger partial charge >= 0.3 is 0 Å². The molecule has 1 N–H and O–H groups in total. The number of benzene rings is 1. The number of halogens is 2. The molecular weight excluding hydrogens is 386 g/mol. The van der Waals surface area contributed by atoms with E-state index in [0.717, 1.165) is 12.1 Å². The van der Waals surface area contributed by atoms with E-state index in [1.54, 1.807) is 0 Å². The van der Waals surface area contributed by atoms with Crippen molar-refractivity contribution in [2.75, 3.05) is 4.72 Å². The molecule has 110 valence electrons. The Balaban J connectivity index is 2.43. The Labute approximate surface area is 133 Å². The number of pyridine rings is 1. The monoisotopic (exact) mass is 391 g/mol. The highest BCUT2D eigenvalue weighted by Crippen LogP contribution is 2.27. The maximum absolute atomic E-state index is 12.2. The number of nitro benzene ring substituents is 1. The second-order valence-electron chi connectivity index (χ2n) is 3.83.